The zero-order valence-electron chi connectivity index (χ0n) is 9.75. The van der Waals surface area contributed by atoms with Gasteiger partial charge in [-0.3, -0.25) is 9.78 Å². The maximum Gasteiger partial charge on any atom is 0.311 e. The van der Waals surface area contributed by atoms with Crippen LogP contribution < -0.4 is 5.73 Å². The molecule has 100 valence electrons. The molecule has 0 saturated heterocycles. The quantitative estimate of drug-likeness (QED) is 0.668. The number of carbonyl (C=O) groups excluding carboxylic acids is 1. The highest BCUT2D eigenvalue weighted by Crippen LogP contribution is 2.31. The number of halogens is 3. The molecule has 0 radical (unpaired) electrons. The Balaban J connectivity index is 3.15. The number of esters is 1. The Labute approximate surface area is 112 Å². The molecule has 2 N–H and O–H groups in total. The van der Waals surface area contributed by atoms with Gasteiger partial charge < -0.3 is 10.5 Å². The number of ether oxygens (including phenoxy) is 1. The lowest BCUT2D eigenvalue weighted by Crippen LogP contribution is -2.13. The summed E-state index contributed by atoms with van der Waals surface area (Å²) < 4.78 is 30.8. The first kappa shape index (κ1) is 14.8. The van der Waals surface area contributed by atoms with Gasteiger partial charge in [-0.2, -0.15) is 0 Å². The zero-order chi connectivity index (χ0) is 13.7. The summed E-state index contributed by atoms with van der Waals surface area (Å²) in [6, 6.07) is 0. The maximum absolute atomic E-state index is 13.0. The SMILES string of the molecule is CCOC(=O)Cc1ncc(N)c(CBr)c1C(F)F. The second kappa shape index (κ2) is 6.63. The van der Waals surface area contributed by atoms with Gasteiger partial charge in [-0.05, 0) is 12.5 Å². The summed E-state index contributed by atoms with van der Waals surface area (Å²) in [7, 11) is 0. The molecule has 0 amide bonds. The first-order valence-corrected chi connectivity index (χ1v) is 6.39. The standard InChI is InChI=1S/C11H13BrF2N2O2/c1-2-18-9(17)3-8-10(11(13)14)6(4-12)7(15)5-16-8/h5,11H,2-4,15H2,1H3. The zero-order valence-corrected chi connectivity index (χ0v) is 11.3. The fourth-order valence-electron chi connectivity index (χ4n) is 1.52. The van der Waals surface area contributed by atoms with Crippen molar-refractivity contribution < 1.29 is 18.3 Å². The Morgan fingerprint density at radius 3 is 2.78 bits per heavy atom. The minimum Gasteiger partial charge on any atom is -0.466 e. The van der Waals surface area contributed by atoms with E-state index in [9.17, 15) is 13.6 Å². The fourth-order valence-corrected chi connectivity index (χ4v) is 2.15. The third kappa shape index (κ3) is 3.38. The van der Waals surface area contributed by atoms with Crippen molar-refractivity contribution >= 4 is 27.6 Å². The summed E-state index contributed by atoms with van der Waals surface area (Å²) in [6.07, 6.45) is -1.75. The molecule has 0 unspecified atom stereocenters. The second-order valence-corrected chi connectivity index (χ2v) is 4.03. The van der Waals surface area contributed by atoms with Crippen molar-refractivity contribution in [2.45, 2.75) is 25.1 Å². The molecule has 0 aromatic carbocycles. The van der Waals surface area contributed by atoms with Gasteiger partial charge in [0.05, 0.1) is 30.6 Å². The highest BCUT2D eigenvalue weighted by molar-refractivity contribution is 9.08. The molecular formula is C11H13BrF2N2O2. The lowest BCUT2D eigenvalue weighted by atomic mass is 10.0. The molecule has 0 aliphatic heterocycles. The first-order valence-electron chi connectivity index (χ1n) is 5.27. The number of carbonyl (C=O) groups is 1. The highest BCUT2D eigenvalue weighted by atomic mass is 79.9. The van der Waals surface area contributed by atoms with Crippen LogP contribution >= 0.6 is 15.9 Å². The first-order chi connectivity index (χ1) is 8.51. The number of hydrogen-bond donors (Lipinski definition) is 1. The average molecular weight is 323 g/mol. The van der Waals surface area contributed by atoms with E-state index in [4.69, 9.17) is 10.5 Å². The number of hydrogen-bond acceptors (Lipinski definition) is 4. The molecule has 0 aliphatic rings. The van der Waals surface area contributed by atoms with Gasteiger partial charge in [0.2, 0.25) is 0 Å². The Kier molecular flexibility index (Phi) is 5.46. The summed E-state index contributed by atoms with van der Waals surface area (Å²) >= 11 is 3.10. The van der Waals surface area contributed by atoms with Crippen molar-refractivity contribution in [2.24, 2.45) is 0 Å². The van der Waals surface area contributed by atoms with Crippen LogP contribution in [0.4, 0.5) is 14.5 Å². The van der Waals surface area contributed by atoms with E-state index in [0.717, 1.165) is 0 Å². The van der Waals surface area contributed by atoms with Crippen LogP contribution in [-0.2, 0) is 21.3 Å². The lowest BCUT2D eigenvalue weighted by molar-refractivity contribution is -0.142. The van der Waals surface area contributed by atoms with Crippen molar-refractivity contribution in [3.8, 4) is 0 Å². The highest BCUT2D eigenvalue weighted by Gasteiger charge is 2.22. The summed E-state index contributed by atoms with van der Waals surface area (Å²) in [5, 5.41) is 0.177. The van der Waals surface area contributed by atoms with E-state index in [-0.39, 0.29) is 40.9 Å². The Hall–Kier alpha value is -1.24. The number of aromatic nitrogens is 1. The van der Waals surface area contributed by atoms with Crippen molar-refractivity contribution in [3.63, 3.8) is 0 Å². The second-order valence-electron chi connectivity index (χ2n) is 3.47. The van der Waals surface area contributed by atoms with Gasteiger partial charge in [-0.1, -0.05) is 15.9 Å². The Bertz CT molecular complexity index is 441. The van der Waals surface area contributed by atoms with Crippen LogP contribution in [0.15, 0.2) is 6.20 Å². The van der Waals surface area contributed by atoms with Crippen molar-refractivity contribution in [2.75, 3.05) is 12.3 Å². The van der Waals surface area contributed by atoms with Crippen LogP contribution in [0, 0.1) is 0 Å². The summed E-state index contributed by atoms with van der Waals surface area (Å²) in [4.78, 5) is 15.1. The predicted octanol–water partition coefficient (Wildman–Crippen LogP) is 2.60. The third-order valence-corrected chi connectivity index (χ3v) is 2.87. The molecule has 7 heteroatoms. The number of alkyl halides is 3. The number of anilines is 1. The van der Waals surface area contributed by atoms with Crippen LogP contribution in [0.2, 0.25) is 0 Å². The van der Waals surface area contributed by atoms with Crippen LogP contribution in [0.3, 0.4) is 0 Å². The molecule has 1 rings (SSSR count). The Morgan fingerprint density at radius 2 is 2.28 bits per heavy atom. The number of pyridine rings is 1. The topological polar surface area (TPSA) is 65.2 Å². The molecule has 18 heavy (non-hydrogen) atoms. The van der Waals surface area contributed by atoms with E-state index in [1.165, 1.54) is 6.20 Å². The van der Waals surface area contributed by atoms with Crippen molar-refractivity contribution in [1.82, 2.24) is 4.98 Å². The Morgan fingerprint density at radius 1 is 1.61 bits per heavy atom. The minimum atomic E-state index is -2.74. The van der Waals surface area contributed by atoms with Gasteiger partial charge in [-0.15, -0.1) is 0 Å². The summed E-state index contributed by atoms with van der Waals surface area (Å²) in [5.41, 5.74) is 5.74. The smallest absolute Gasteiger partial charge is 0.311 e. The van der Waals surface area contributed by atoms with Gasteiger partial charge in [0.15, 0.2) is 0 Å². The van der Waals surface area contributed by atoms with Crippen molar-refractivity contribution in [3.05, 3.63) is 23.0 Å². The number of rotatable bonds is 5. The van der Waals surface area contributed by atoms with E-state index in [1.807, 2.05) is 0 Å². The maximum atomic E-state index is 13.0. The van der Waals surface area contributed by atoms with Crippen LogP contribution in [0.5, 0.6) is 0 Å². The molecule has 0 spiro atoms. The van der Waals surface area contributed by atoms with Crippen LogP contribution in [-0.4, -0.2) is 17.6 Å². The van der Waals surface area contributed by atoms with E-state index >= 15 is 0 Å². The minimum absolute atomic E-state index is 0.00657. The van der Waals surface area contributed by atoms with E-state index in [0.29, 0.717) is 0 Å². The molecule has 1 aromatic rings. The van der Waals surface area contributed by atoms with Crippen molar-refractivity contribution in [1.29, 1.82) is 0 Å². The fraction of sp³-hybridized carbons (Fsp3) is 0.455. The largest absolute Gasteiger partial charge is 0.466 e. The normalized spacial score (nSPS) is 10.7. The van der Waals surface area contributed by atoms with Gasteiger partial charge >= 0.3 is 5.97 Å². The van der Waals surface area contributed by atoms with E-state index in [1.54, 1.807) is 6.92 Å². The monoisotopic (exact) mass is 322 g/mol. The molecule has 1 aromatic heterocycles. The summed E-state index contributed by atoms with van der Waals surface area (Å²) in [6.45, 7) is 1.84. The average Bonchev–Trinajstić information content (AvgIpc) is 2.30. The molecule has 0 saturated carbocycles. The molecule has 0 fully saturated rings. The molecular weight excluding hydrogens is 310 g/mol. The van der Waals surface area contributed by atoms with Crippen LogP contribution in [0.1, 0.15) is 30.2 Å². The van der Waals surface area contributed by atoms with E-state index < -0.39 is 12.4 Å². The number of nitrogens with two attached hydrogens (primary N) is 1. The molecule has 0 bridgehead atoms. The molecule has 1 heterocycles. The molecule has 0 aliphatic carbocycles. The van der Waals surface area contributed by atoms with E-state index in [2.05, 4.69) is 20.9 Å². The van der Waals surface area contributed by atoms with Gasteiger partial charge in [0.1, 0.15) is 0 Å². The van der Waals surface area contributed by atoms with Gasteiger partial charge in [0, 0.05) is 10.9 Å². The van der Waals surface area contributed by atoms with Crippen LogP contribution in [0.25, 0.3) is 0 Å². The molecule has 4 nitrogen and oxygen atoms in total. The lowest BCUT2D eigenvalue weighted by Gasteiger charge is -2.13. The van der Waals surface area contributed by atoms with Gasteiger partial charge in [-0.25, -0.2) is 8.78 Å². The third-order valence-electron chi connectivity index (χ3n) is 2.31. The van der Waals surface area contributed by atoms with Gasteiger partial charge in [0.25, 0.3) is 6.43 Å². The molecule has 0 atom stereocenters. The summed E-state index contributed by atoms with van der Waals surface area (Å²) in [5.74, 6) is -0.586. The number of nitrogen functional groups attached to an aromatic ring is 1. The number of nitrogens with zero attached hydrogens (tertiary/aromatic N) is 1. The predicted molar refractivity (Wildman–Crippen MR) is 66.6 cm³/mol.